The summed E-state index contributed by atoms with van der Waals surface area (Å²) in [7, 11) is 2.06. The average molecular weight is 257 g/mol. The molecule has 0 saturated heterocycles. The minimum absolute atomic E-state index is 0.898. The summed E-state index contributed by atoms with van der Waals surface area (Å²) in [6.07, 6.45) is 5.46. The van der Waals surface area contributed by atoms with Crippen LogP contribution in [0.4, 0.5) is 11.4 Å². The number of fused-ring (bicyclic) bond motifs is 1. The number of anilines is 2. The number of rotatable bonds is 2. The molecule has 0 bridgehead atoms. The van der Waals surface area contributed by atoms with Gasteiger partial charge in [0.15, 0.2) is 0 Å². The van der Waals surface area contributed by atoms with Gasteiger partial charge in [0.25, 0.3) is 0 Å². The zero-order valence-electron chi connectivity index (χ0n) is 11.4. The first kappa shape index (κ1) is 12.3. The lowest BCUT2D eigenvalue weighted by Crippen LogP contribution is -2.09. The summed E-state index contributed by atoms with van der Waals surface area (Å²) < 4.78 is 0. The van der Waals surface area contributed by atoms with Gasteiger partial charge in [0.2, 0.25) is 0 Å². The van der Waals surface area contributed by atoms with Gasteiger partial charge in [0.1, 0.15) is 0 Å². The van der Waals surface area contributed by atoms with Crippen LogP contribution in [0.5, 0.6) is 0 Å². The number of hydrogen-bond donors (Lipinski definition) is 0. The van der Waals surface area contributed by atoms with E-state index in [9.17, 15) is 0 Å². The minimum Gasteiger partial charge on any atom is -0.345 e. The predicted molar refractivity (Wildman–Crippen MR) is 86.4 cm³/mol. The summed E-state index contributed by atoms with van der Waals surface area (Å²) in [5, 5.41) is 2.49. The van der Waals surface area contributed by atoms with Crippen molar-refractivity contribution in [2.75, 3.05) is 11.9 Å². The van der Waals surface area contributed by atoms with Gasteiger partial charge in [-0.1, -0.05) is 42.3 Å². The molecule has 1 nitrogen and oxygen atoms in total. The van der Waals surface area contributed by atoms with Crippen LogP contribution in [0.15, 0.2) is 66.7 Å². The molecule has 0 saturated carbocycles. The first-order chi connectivity index (χ1) is 9.78. The third kappa shape index (κ3) is 2.24. The van der Waals surface area contributed by atoms with E-state index in [1.165, 1.54) is 10.8 Å². The topological polar surface area (TPSA) is 3.24 Å². The van der Waals surface area contributed by atoms with Crippen LogP contribution in [0.25, 0.3) is 10.8 Å². The Bertz CT molecular complexity index is 796. The molecule has 0 N–H and O–H groups in total. The van der Waals surface area contributed by atoms with Crippen molar-refractivity contribution in [1.82, 2.24) is 0 Å². The van der Waals surface area contributed by atoms with E-state index >= 15 is 0 Å². The van der Waals surface area contributed by atoms with Crippen LogP contribution >= 0.6 is 0 Å². The molecular weight excluding hydrogens is 242 g/mol. The fourth-order valence-electron chi connectivity index (χ4n) is 2.34. The van der Waals surface area contributed by atoms with E-state index in [1.807, 2.05) is 18.2 Å². The predicted octanol–water partition coefficient (Wildman–Crippen LogP) is 4.59. The van der Waals surface area contributed by atoms with Crippen LogP contribution in [0.2, 0.25) is 0 Å². The highest BCUT2D eigenvalue weighted by molar-refractivity contribution is 5.86. The van der Waals surface area contributed by atoms with E-state index in [1.54, 1.807) is 0 Å². The van der Waals surface area contributed by atoms with Gasteiger partial charge in [-0.15, -0.1) is 6.42 Å². The van der Waals surface area contributed by atoms with E-state index in [-0.39, 0.29) is 0 Å². The molecule has 3 aromatic rings. The largest absolute Gasteiger partial charge is 0.345 e. The Balaban J connectivity index is 2.03. The van der Waals surface area contributed by atoms with Crippen LogP contribution in [0, 0.1) is 12.3 Å². The van der Waals surface area contributed by atoms with Crippen LogP contribution in [0.3, 0.4) is 0 Å². The van der Waals surface area contributed by atoms with E-state index < -0.39 is 0 Å². The van der Waals surface area contributed by atoms with Crippen LogP contribution in [0.1, 0.15) is 5.56 Å². The number of nitrogens with zero attached hydrogens (tertiary/aromatic N) is 1. The third-order valence-corrected chi connectivity index (χ3v) is 3.52. The Kier molecular flexibility index (Phi) is 3.15. The SMILES string of the molecule is C#Cc1cccc(N(C)c2ccc3ccccc3c2)c1. The first-order valence-electron chi connectivity index (χ1n) is 6.57. The molecule has 0 aliphatic heterocycles. The highest BCUT2D eigenvalue weighted by Crippen LogP contribution is 2.27. The molecule has 0 fully saturated rings. The normalized spacial score (nSPS) is 10.2. The van der Waals surface area contributed by atoms with Crippen molar-refractivity contribution < 1.29 is 0 Å². The van der Waals surface area contributed by atoms with Gasteiger partial charge < -0.3 is 4.90 Å². The van der Waals surface area contributed by atoms with Crippen molar-refractivity contribution in [2.45, 2.75) is 0 Å². The molecule has 0 aliphatic carbocycles. The Hall–Kier alpha value is -2.72. The molecular formula is C19H15N. The molecule has 0 aliphatic rings. The van der Waals surface area contributed by atoms with E-state index in [4.69, 9.17) is 6.42 Å². The Morgan fingerprint density at radius 2 is 1.55 bits per heavy atom. The number of benzene rings is 3. The Labute approximate surface area is 119 Å². The fraction of sp³-hybridized carbons (Fsp3) is 0.0526. The van der Waals surface area contributed by atoms with Crippen molar-refractivity contribution in [1.29, 1.82) is 0 Å². The smallest absolute Gasteiger partial charge is 0.0420 e. The van der Waals surface area contributed by atoms with E-state index in [0.29, 0.717) is 0 Å². The van der Waals surface area contributed by atoms with E-state index in [0.717, 1.165) is 16.9 Å². The molecule has 3 aromatic carbocycles. The fourth-order valence-corrected chi connectivity index (χ4v) is 2.34. The van der Waals surface area contributed by atoms with Crippen molar-refractivity contribution in [3.05, 3.63) is 72.3 Å². The van der Waals surface area contributed by atoms with Gasteiger partial charge in [-0.25, -0.2) is 0 Å². The van der Waals surface area contributed by atoms with Crippen LogP contribution < -0.4 is 4.90 Å². The summed E-state index contributed by atoms with van der Waals surface area (Å²) >= 11 is 0. The molecule has 0 radical (unpaired) electrons. The zero-order valence-corrected chi connectivity index (χ0v) is 11.4. The minimum atomic E-state index is 0.898. The van der Waals surface area contributed by atoms with Crippen LogP contribution in [-0.4, -0.2) is 7.05 Å². The monoisotopic (exact) mass is 257 g/mol. The van der Waals surface area contributed by atoms with Gasteiger partial charge in [-0.3, -0.25) is 0 Å². The third-order valence-electron chi connectivity index (χ3n) is 3.52. The van der Waals surface area contributed by atoms with E-state index in [2.05, 4.69) is 66.4 Å². The maximum Gasteiger partial charge on any atom is 0.0420 e. The number of hydrogen-bond acceptors (Lipinski definition) is 1. The van der Waals surface area contributed by atoms with Gasteiger partial charge in [-0.2, -0.15) is 0 Å². The van der Waals surface area contributed by atoms with Crippen molar-refractivity contribution in [2.24, 2.45) is 0 Å². The first-order valence-corrected chi connectivity index (χ1v) is 6.57. The second-order valence-corrected chi connectivity index (χ2v) is 4.79. The summed E-state index contributed by atoms with van der Waals surface area (Å²) in [6, 6.07) is 22.9. The van der Waals surface area contributed by atoms with Gasteiger partial charge in [0.05, 0.1) is 0 Å². The maximum absolute atomic E-state index is 5.46. The van der Waals surface area contributed by atoms with Gasteiger partial charge in [0, 0.05) is 24.0 Å². The maximum atomic E-state index is 5.46. The molecule has 0 unspecified atom stereocenters. The molecule has 0 heterocycles. The summed E-state index contributed by atoms with van der Waals surface area (Å²) in [5.41, 5.74) is 3.14. The van der Waals surface area contributed by atoms with Crippen molar-refractivity contribution in [3.63, 3.8) is 0 Å². The summed E-state index contributed by atoms with van der Waals surface area (Å²) in [4.78, 5) is 2.15. The quantitative estimate of drug-likeness (QED) is 0.607. The lowest BCUT2D eigenvalue weighted by molar-refractivity contribution is 1.21. The molecule has 96 valence electrons. The molecule has 0 aromatic heterocycles. The highest BCUT2D eigenvalue weighted by Gasteiger charge is 2.05. The van der Waals surface area contributed by atoms with Crippen molar-refractivity contribution in [3.8, 4) is 12.3 Å². The standard InChI is InChI=1S/C19H15N/c1-3-15-7-6-10-18(13-15)20(2)19-12-11-16-8-4-5-9-17(16)14-19/h1,4-14H,2H3. The Morgan fingerprint density at radius 3 is 2.35 bits per heavy atom. The number of terminal acetylenes is 1. The average Bonchev–Trinajstić information content (AvgIpc) is 2.53. The lowest BCUT2D eigenvalue weighted by Gasteiger charge is -2.20. The molecule has 0 amide bonds. The lowest BCUT2D eigenvalue weighted by atomic mass is 10.1. The molecule has 3 rings (SSSR count). The zero-order chi connectivity index (χ0) is 13.9. The van der Waals surface area contributed by atoms with Crippen molar-refractivity contribution >= 4 is 22.1 Å². The second-order valence-electron chi connectivity index (χ2n) is 4.79. The Morgan fingerprint density at radius 1 is 0.800 bits per heavy atom. The molecule has 0 spiro atoms. The molecule has 0 atom stereocenters. The molecule has 20 heavy (non-hydrogen) atoms. The summed E-state index contributed by atoms with van der Waals surface area (Å²) in [5.74, 6) is 2.68. The van der Waals surface area contributed by atoms with Crippen LogP contribution in [-0.2, 0) is 0 Å². The van der Waals surface area contributed by atoms with Gasteiger partial charge >= 0.3 is 0 Å². The van der Waals surface area contributed by atoms with Gasteiger partial charge in [-0.05, 0) is 41.1 Å². The second kappa shape index (κ2) is 5.11. The highest BCUT2D eigenvalue weighted by atomic mass is 15.1. The summed E-state index contributed by atoms with van der Waals surface area (Å²) in [6.45, 7) is 0. The molecule has 1 heteroatoms.